The van der Waals surface area contributed by atoms with Crippen LogP contribution in [0.15, 0.2) is 42.5 Å². The van der Waals surface area contributed by atoms with E-state index in [-0.39, 0.29) is 6.61 Å². The van der Waals surface area contributed by atoms with Crippen LogP contribution in [0.4, 0.5) is 0 Å². The van der Waals surface area contributed by atoms with E-state index in [0.29, 0.717) is 0 Å². The van der Waals surface area contributed by atoms with Gasteiger partial charge >= 0.3 is 0 Å². The summed E-state index contributed by atoms with van der Waals surface area (Å²) in [5.41, 5.74) is 6.22. The van der Waals surface area contributed by atoms with Crippen molar-refractivity contribution in [1.29, 1.82) is 0 Å². The third-order valence-corrected chi connectivity index (χ3v) is 3.52. The fourth-order valence-electron chi connectivity index (χ4n) is 2.50. The lowest BCUT2D eigenvalue weighted by Crippen LogP contribution is -2.13. The van der Waals surface area contributed by atoms with Crippen LogP contribution in [0.5, 0.6) is 0 Å². The molecule has 2 aromatic rings. The van der Waals surface area contributed by atoms with Crippen LogP contribution in [0.2, 0.25) is 0 Å². The van der Waals surface area contributed by atoms with Gasteiger partial charge in [0.2, 0.25) is 0 Å². The van der Waals surface area contributed by atoms with Crippen molar-refractivity contribution in [2.75, 3.05) is 14.1 Å². The number of hydrogen-bond acceptors (Lipinski definition) is 2. The van der Waals surface area contributed by atoms with E-state index in [4.69, 9.17) is 0 Å². The Bertz CT molecular complexity index is 575. The van der Waals surface area contributed by atoms with E-state index in [2.05, 4.69) is 50.2 Å². The van der Waals surface area contributed by atoms with Crippen molar-refractivity contribution in [1.82, 2.24) is 4.90 Å². The van der Waals surface area contributed by atoms with Gasteiger partial charge in [-0.25, -0.2) is 0 Å². The third kappa shape index (κ3) is 3.69. The second-order valence-corrected chi connectivity index (χ2v) is 5.61. The SMILES string of the molecule is Cc1ccc(Cc2ccccc2CO)c(CN(C)C)c1. The number of aliphatic hydroxyl groups is 1. The topological polar surface area (TPSA) is 23.5 Å². The zero-order chi connectivity index (χ0) is 14.5. The molecule has 0 aliphatic heterocycles. The van der Waals surface area contributed by atoms with Crippen molar-refractivity contribution in [3.63, 3.8) is 0 Å². The predicted molar refractivity (Wildman–Crippen MR) is 83.7 cm³/mol. The molecule has 0 fully saturated rings. The predicted octanol–water partition coefficient (Wildman–Crippen LogP) is 3.14. The lowest BCUT2D eigenvalue weighted by atomic mass is 9.95. The van der Waals surface area contributed by atoms with Crippen molar-refractivity contribution < 1.29 is 5.11 Å². The Balaban J connectivity index is 2.33. The van der Waals surface area contributed by atoms with E-state index in [1.165, 1.54) is 22.3 Å². The van der Waals surface area contributed by atoms with Crippen LogP contribution in [-0.4, -0.2) is 24.1 Å². The molecule has 106 valence electrons. The second-order valence-electron chi connectivity index (χ2n) is 5.61. The third-order valence-electron chi connectivity index (χ3n) is 3.52. The molecule has 0 aliphatic carbocycles. The molecule has 0 bridgehead atoms. The van der Waals surface area contributed by atoms with Gasteiger partial charge in [0.15, 0.2) is 0 Å². The van der Waals surface area contributed by atoms with Gasteiger partial charge in [0.25, 0.3) is 0 Å². The minimum atomic E-state index is 0.102. The minimum Gasteiger partial charge on any atom is -0.392 e. The van der Waals surface area contributed by atoms with Crippen LogP contribution in [0.25, 0.3) is 0 Å². The smallest absolute Gasteiger partial charge is 0.0684 e. The lowest BCUT2D eigenvalue weighted by molar-refractivity contribution is 0.281. The monoisotopic (exact) mass is 269 g/mol. The fraction of sp³-hybridized carbons (Fsp3) is 0.333. The van der Waals surface area contributed by atoms with E-state index < -0.39 is 0 Å². The Morgan fingerprint density at radius 3 is 2.20 bits per heavy atom. The maximum absolute atomic E-state index is 9.45. The quantitative estimate of drug-likeness (QED) is 0.901. The Kier molecular flexibility index (Phi) is 4.94. The van der Waals surface area contributed by atoms with Gasteiger partial charge in [-0.05, 0) is 49.7 Å². The molecule has 0 saturated carbocycles. The summed E-state index contributed by atoms with van der Waals surface area (Å²) in [6, 6.07) is 14.7. The molecule has 0 amide bonds. The maximum atomic E-state index is 9.45. The summed E-state index contributed by atoms with van der Waals surface area (Å²) in [7, 11) is 4.18. The summed E-state index contributed by atoms with van der Waals surface area (Å²) >= 11 is 0. The van der Waals surface area contributed by atoms with Gasteiger partial charge in [-0.15, -0.1) is 0 Å². The Morgan fingerprint density at radius 2 is 1.55 bits per heavy atom. The second kappa shape index (κ2) is 6.69. The normalized spacial score (nSPS) is 11.1. The van der Waals surface area contributed by atoms with E-state index in [9.17, 15) is 5.11 Å². The summed E-state index contributed by atoms with van der Waals surface area (Å²) in [6.07, 6.45) is 0.875. The highest BCUT2D eigenvalue weighted by Gasteiger charge is 2.08. The largest absolute Gasteiger partial charge is 0.392 e. The van der Waals surface area contributed by atoms with Gasteiger partial charge in [-0.2, -0.15) is 0 Å². The number of benzene rings is 2. The molecule has 20 heavy (non-hydrogen) atoms. The molecule has 0 spiro atoms. The fourth-order valence-corrected chi connectivity index (χ4v) is 2.50. The Hall–Kier alpha value is -1.64. The van der Waals surface area contributed by atoms with Gasteiger partial charge in [-0.3, -0.25) is 0 Å². The van der Waals surface area contributed by atoms with E-state index in [0.717, 1.165) is 18.5 Å². The molecule has 0 saturated heterocycles. The summed E-state index contributed by atoms with van der Waals surface area (Å²) in [6.45, 7) is 3.17. The molecule has 0 aromatic heterocycles. The number of nitrogens with zero attached hydrogens (tertiary/aromatic N) is 1. The molecular weight excluding hydrogens is 246 g/mol. The van der Waals surface area contributed by atoms with Crippen molar-refractivity contribution in [2.45, 2.75) is 26.5 Å². The van der Waals surface area contributed by atoms with Crippen LogP contribution in [0.3, 0.4) is 0 Å². The van der Waals surface area contributed by atoms with Crippen molar-refractivity contribution in [2.24, 2.45) is 0 Å². The molecule has 0 unspecified atom stereocenters. The molecule has 0 heterocycles. The van der Waals surface area contributed by atoms with E-state index in [1.54, 1.807) is 0 Å². The molecule has 0 radical (unpaired) electrons. The van der Waals surface area contributed by atoms with Crippen LogP contribution in [0, 0.1) is 6.92 Å². The first-order valence-electron chi connectivity index (χ1n) is 7.01. The zero-order valence-electron chi connectivity index (χ0n) is 12.6. The summed E-state index contributed by atoms with van der Waals surface area (Å²) in [5, 5.41) is 9.45. The van der Waals surface area contributed by atoms with Crippen molar-refractivity contribution >= 4 is 0 Å². The summed E-state index contributed by atoms with van der Waals surface area (Å²) in [4.78, 5) is 2.19. The van der Waals surface area contributed by atoms with Gasteiger partial charge in [0, 0.05) is 6.54 Å². The first-order valence-corrected chi connectivity index (χ1v) is 7.01. The average Bonchev–Trinajstić information content (AvgIpc) is 2.42. The highest BCUT2D eigenvalue weighted by atomic mass is 16.3. The van der Waals surface area contributed by atoms with E-state index in [1.807, 2.05) is 18.2 Å². The molecule has 2 aromatic carbocycles. The van der Waals surface area contributed by atoms with Crippen LogP contribution in [0.1, 0.15) is 27.8 Å². The van der Waals surface area contributed by atoms with Crippen molar-refractivity contribution in [3.05, 3.63) is 70.3 Å². The highest BCUT2D eigenvalue weighted by Crippen LogP contribution is 2.20. The van der Waals surface area contributed by atoms with Gasteiger partial charge in [0.1, 0.15) is 0 Å². The molecule has 2 heteroatoms. The Labute approximate surface area is 121 Å². The highest BCUT2D eigenvalue weighted by molar-refractivity contribution is 5.38. The molecular formula is C18H23NO. The zero-order valence-corrected chi connectivity index (χ0v) is 12.6. The molecule has 0 aliphatic rings. The van der Waals surface area contributed by atoms with Crippen LogP contribution >= 0.6 is 0 Å². The number of hydrogen-bond donors (Lipinski definition) is 1. The minimum absolute atomic E-state index is 0.102. The van der Waals surface area contributed by atoms with Gasteiger partial charge in [-0.1, -0.05) is 48.0 Å². The molecule has 1 N–H and O–H groups in total. The molecule has 2 nitrogen and oxygen atoms in total. The molecule has 0 atom stereocenters. The van der Waals surface area contributed by atoms with E-state index >= 15 is 0 Å². The summed E-state index contributed by atoms with van der Waals surface area (Å²) in [5.74, 6) is 0. The maximum Gasteiger partial charge on any atom is 0.0684 e. The van der Waals surface area contributed by atoms with Crippen molar-refractivity contribution in [3.8, 4) is 0 Å². The Morgan fingerprint density at radius 1 is 0.900 bits per heavy atom. The van der Waals surface area contributed by atoms with Gasteiger partial charge in [0.05, 0.1) is 6.61 Å². The molecule has 2 rings (SSSR count). The van der Waals surface area contributed by atoms with Crippen LogP contribution < -0.4 is 0 Å². The lowest BCUT2D eigenvalue weighted by Gasteiger charge is -2.16. The first-order chi connectivity index (χ1) is 9.60. The number of rotatable bonds is 5. The van der Waals surface area contributed by atoms with Gasteiger partial charge < -0.3 is 10.0 Å². The van der Waals surface area contributed by atoms with Crippen LogP contribution in [-0.2, 0) is 19.6 Å². The summed E-state index contributed by atoms with van der Waals surface area (Å²) < 4.78 is 0. The standard InChI is InChI=1S/C18H23NO/c1-14-8-9-16(18(10-14)12-19(2)3)11-15-6-4-5-7-17(15)13-20/h4-10,20H,11-13H2,1-3H3. The first kappa shape index (κ1) is 14.8. The number of aliphatic hydroxyl groups excluding tert-OH is 1. The average molecular weight is 269 g/mol. The number of aryl methyl sites for hydroxylation is 1.